The summed E-state index contributed by atoms with van der Waals surface area (Å²) in [6.07, 6.45) is 0. The van der Waals surface area contributed by atoms with Crippen LogP contribution in [-0.4, -0.2) is 6.04 Å². The molecule has 1 nitrogen and oxygen atoms in total. The van der Waals surface area contributed by atoms with Gasteiger partial charge in [-0.15, -0.1) is 0 Å². The van der Waals surface area contributed by atoms with Crippen molar-refractivity contribution in [2.45, 2.75) is 45.7 Å². The molecular formula is C13H18F3N. The summed E-state index contributed by atoms with van der Waals surface area (Å²) >= 11 is 0. The first-order valence-corrected chi connectivity index (χ1v) is 5.66. The lowest BCUT2D eigenvalue weighted by Gasteiger charge is -2.20. The third-order valence-electron chi connectivity index (χ3n) is 2.55. The van der Waals surface area contributed by atoms with Crippen molar-refractivity contribution in [2.75, 3.05) is 0 Å². The fourth-order valence-corrected chi connectivity index (χ4v) is 1.81. The van der Waals surface area contributed by atoms with Crippen LogP contribution in [0.4, 0.5) is 13.2 Å². The third kappa shape index (κ3) is 3.46. The zero-order valence-corrected chi connectivity index (χ0v) is 10.5. The van der Waals surface area contributed by atoms with E-state index < -0.39 is 17.3 Å². The molecule has 0 saturated carbocycles. The molecule has 0 radical (unpaired) electrons. The molecule has 4 heteroatoms. The van der Waals surface area contributed by atoms with Gasteiger partial charge in [0.1, 0.15) is 5.82 Å². The quantitative estimate of drug-likeness (QED) is 0.845. The maximum Gasteiger partial charge on any atom is 0.273 e. The smallest absolute Gasteiger partial charge is 0.273 e. The maximum atomic E-state index is 13.9. The molecule has 0 heterocycles. The number of alkyl halides is 2. The number of halogens is 3. The molecule has 0 saturated heterocycles. The van der Waals surface area contributed by atoms with Crippen LogP contribution in [0.2, 0.25) is 0 Å². The van der Waals surface area contributed by atoms with Gasteiger partial charge in [-0.05, 0) is 6.92 Å². The van der Waals surface area contributed by atoms with Crippen molar-refractivity contribution in [1.29, 1.82) is 0 Å². The average Bonchev–Trinajstić information content (AvgIpc) is 2.14. The Hall–Kier alpha value is -1.03. The van der Waals surface area contributed by atoms with Crippen LogP contribution in [0.3, 0.4) is 0 Å². The minimum Gasteiger partial charge on any atom is -0.308 e. The molecule has 0 fully saturated rings. The SMILES string of the molecule is CC(C)N[C@H](C)c1cccc(C(C)(F)F)c1F. The summed E-state index contributed by atoms with van der Waals surface area (Å²) in [4.78, 5) is 0. The molecule has 0 spiro atoms. The highest BCUT2D eigenvalue weighted by atomic mass is 19.3. The predicted octanol–water partition coefficient (Wildman–Crippen LogP) is 4.00. The Morgan fingerprint density at radius 2 is 1.76 bits per heavy atom. The first kappa shape index (κ1) is 14.0. The molecule has 1 N–H and O–H groups in total. The predicted molar refractivity (Wildman–Crippen MR) is 62.7 cm³/mol. The van der Waals surface area contributed by atoms with Crippen molar-refractivity contribution >= 4 is 0 Å². The molecule has 0 aliphatic heterocycles. The van der Waals surface area contributed by atoms with Crippen molar-refractivity contribution in [2.24, 2.45) is 0 Å². The zero-order chi connectivity index (χ0) is 13.2. The summed E-state index contributed by atoms with van der Waals surface area (Å²) in [5.74, 6) is -3.97. The van der Waals surface area contributed by atoms with Crippen molar-refractivity contribution in [1.82, 2.24) is 5.32 Å². The third-order valence-corrected chi connectivity index (χ3v) is 2.55. The van der Waals surface area contributed by atoms with Crippen molar-refractivity contribution in [3.05, 3.63) is 35.1 Å². The van der Waals surface area contributed by atoms with E-state index in [2.05, 4.69) is 5.32 Å². The number of rotatable bonds is 4. The Bertz CT molecular complexity index is 383. The Morgan fingerprint density at radius 3 is 2.24 bits per heavy atom. The van der Waals surface area contributed by atoms with Gasteiger partial charge in [-0.2, -0.15) is 0 Å². The Balaban J connectivity index is 3.10. The topological polar surface area (TPSA) is 12.0 Å². The van der Waals surface area contributed by atoms with Gasteiger partial charge in [0.25, 0.3) is 5.92 Å². The lowest BCUT2D eigenvalue weighted by atomic mass is 10.0. The number of benzene rings is 1. The van der Waals surface area contributed by atoms with Gasteiger partial charge in [-0.3, -0.25) is 0 Å². The summed E-state index contributed by atoms with van der Waals surface area (Å²) < 4.78 is 40.3. The van der Waals surface area contributed by atoms with E-state index in [-0.39, 0.29) is 17.6 Å². The number of nitrogens with one attached hydrogen (secondary N) is 1. The standard InChI is InChI=1S/C13H18F3N/c1-8(2)17-9(3)10-6-5-7-11(12(10)14)13(4,15)16/h5-9,17H,1-4H3/t9-/m1/s1. The Kier molecular flexibility index (Phi) is 4.20. The van der Waals surface area contributed by atoms with Crippen LogP contribution >= 0.6 is 0 Å². The van der Waals surface area contributed by atoms with E-state index >= 15 is 0 Å². The van der Waals surface area contributed by atoms with Crippen LogP contribution < -0.4 is 5.32 Å². The molecule has 0 aliphatic rings. The lowest BCUT2D eigenvalue weighted by molar-refractivity contribution is 0.0135. The summed E-state index contributed by atoms with van der Waals surface area (Å²) in [6.45, 7) is 6.31. The molecular weight excluding hydrogens is 227 g/mol. The van der Waals surface area contributed by atoms with Crippen molar-refractivity contribution < 1.29 is 13.2 Å². The molecule has 0 aliphatic carbocycles. The van der Waals surface area contributed by atoms with Gasteiger partial charge in [0.2, 0.25) is 0 Å². The van der Waals surface area contributed by atoms with Gasteiger partial charge < -0.3 is 5.32 Å². The van der Waals surface area contributed by atoms with E-state index in [9.17, 15) is 13.2 Å². The minimum atomic E-state index is -3.16. The molecule has 17 heavy (non-hydrogen) atoms. The molecule has 1 aromatic carbocycles. The molecule has 1 atom stereocenters. The summed E-state index contributed by atoms with van der Waals surface area (Å²) in [7, 11) is 0. The summed E-state index contributed by atoms with van der Waals surface area (Å²) in [6, 6.07) is 3.99. The van der Waals surface area contributed by atoms with Gasteiger partial charge in [0, 0.05) is 24.6 Å². The van der Waals surface area contributed by atoms with E-state index in [0.717, 1.165) is 6.07 Å². The molecule has 0 amide bonds. The average molecular weight is 245 g/mol. The summed E-state index contributed by atoms with van der Waals surface area (Å²) in [5, 5.41) is 3.09. The Labute approximate surface area is 100 Å². The van der Waals surface area contributed by atoms with Crippen LogP contribution in [0.25, 0.3) is 0 Å². The highest BCUT2D eigenvalue weighted by molar-refractivity contribution is 5.30. The lowest BCUT2D eigenvalue weighted by Crippen LogP contribution is -2.27. The monoisotopic (exact) mass is 245 g/mol. The second-order valence-electron chi connectivity index (χ2n) is 4.64. The van der Waals surface area contributed by atoms with Crippen LogP contribution in [0.15, 0.2) is 18.2 Å². The van der Waals surface area contributed by atoms with Gasteiger partial charge in [-0.1, -0.05) is 32.0 Å². The van der Waals surface area contributed by atoms with Crippen molar-refractivity contribution in [3.63, 3.8) is 0 Å². The van der Waals surface area contributed by atoms with Crippen LogP contribution in [0, 0.1) is 5.82 Å². The van der Waals surface area contributed by atoms with Crippen LogP contribution in [0.1, 0.15) is 44.9 Å². The molecule has 0 unspecified atom stereocenters. The first-order valence-electron chi connectivity index (χ1n) is 5.66. The first-order chi connectivity index (χ1) is 7.73. The number of hydrogen-bond acceptors (Lipinski definition) is 1. The fraction of sp³-hybridized carbons (Fsp3) is 0.538. The van der Waals surface area contributed by atoms with E-state index in [1.54, 1.807) is 6.92 Å². The van der Waals surface area contributed by atoms with E-state index in [1.807, 2.05) is 13.8 Å². The van der Waals surface area contributed by atoms with Gasteiger partial charge >= 0.3 is 0 Å². The van der Waals surface area contributed by atoms with Crippen LogP contribution in [0.5, 0.6) is 0 Å². The van der Waals surface area contributed by atoms with Gasteiger partial charge in [0.05, 0.1) is 5.56 Å². The molecule has 96 valence electrons. The van der Waals surface area contributed by atoms with Crippen LogP contribution in [-0.2, 0) is 5.92 Å². The normalized spacial score (nSPS) is 14.1. The second kappa shape index (κ2) is 5.08. The summed E-state index contributed by atoms with van der Waals surface area (Å²) in [5.41, 5.74) is -0.273. The fourth-order valence-electron chi connectivity index (χ4n) is 1.81. The highest BCUT2D eigenvalue weighted by Crippen LogP contribution is 2.32. The molecule has 1 rings (SSSR count). The Morgan fingerprint density at radius 1 is 1.18 bits per heavy atom. The minimum absolute atomic E-state index is 0.162. The second-order valence-corrected chi connectivity index (χ2v) is 4.64. The zero-order valence-electron chi connectivity index (χ0n) is 10.5. The largest absolute Gasteiger partial charge is 0.308 e. The number of hydrogen-bond donors (Lipinski definition) is 1. The maximum absolute atomic E-state index is 13.9. The van der Waals surface area contributed by atoms with E-state index in [1.165, 1.54) is 12.1 Å². The van der Waals surface area contributed by atoms with Gasteiger partial charge in [-0.25, -0.2) is 13.2 Å². The van der Waals surface area contributed by atoms with E-state index in [4.69, 9.17) is 0 Å². The molecule has 1 aromatic rings. The highest BCUT2D eigenvalue weighted by Gasteiger charge is 2.30. The molecule has 0 aromatic heterocycles. The van der Waals surface area contributed by atoms with Gasteiger partial charge in [0.15, 0.2) is 0 Å². The van der Waals surface area contributed by atoms with Crippen molar-refractivity contribution in [3.8, 4) is 0 Å². The molecule has 0 bridgehead atoms. The van der Waals surface area contributed by atoms with E-state index in [0.29, 0.717) is 6.92 Å².